The molecule has 0 spiro atoms. The molecule has 94 valence electrons. The molecule has 1 fully saturated rings. The number of hydrogen-bond acceptors (Lipinski definition) is 2. The molecule has 5 heteroatoms. The molecule has 2 rings (SSSR count). The van der Waals surface area contributed by atoms with Crippen molar-refractivity contribution in [3.05, 3.63) is 23.0 Å². The summed E-state index contributed by atoms with van der Waals surface area (Å²) in [5.41, 5.74) is 0.548. The van der Waals surface area contributed by atoms with Crippen LogP contribution in [0.1, 0.15) is 30.3 Å². The average Bonchev–Trinajstić information content (AvgIpc) is 2.76. The zero-order chi connectivity index (χ0) is 12.3. The quantitative estimate of drug-likeness (QED) is 0.902. The lowest BCUT2D eigenvalue weighted by atomic mass is 10.1. The van der Waals surface area contributed by atoms with Gasteiger partial charge in [-0.15, -0.1) is 0 Å². The number of carbonyl (C=O) groups excluding carboxylic acids is 1. The van der Waals surface area contributed by atoms with Crippen LogP contribution >= 0.6 is 11.6 Å². The maximum Gasteiger partial charge on any atom is 0.270 e. The zero-order valence-electron chi connectivity index (χ0n) is 9.91. The number of rotatable bonds is 3. The van der Waals surface area contributed by atoms with E-state index in [2.05, 4.69) is 4.98 Å². The van der Waals surface area contributed by atoms with Gasteiger partial charge in [-0.3, -0.25) is 4.79 Å². The molecule has 1 aromatic heterocycles. The molecule has 1 aliphatic heterocycles. The minimum atomic E-state index is 0.00121. The van der Waals surface area contributed by atoms with Gasteiger partial charge >= 0.3 is 0 Å². The molecule has 1 aliphatic rings. The van der Waals surface area contributed by atoms with Crippen LogP contribution in [0.4, 0.5) is 0 Å². The van der Waals surface area contributed by atoms with Gasteiger partial charge in [-0.1, -0.05) is 11.6 Å². The SMILES string of the molecule is CCO[C@@H]1CCCN(C(=O)c2cc(Cl)c[nH]2)C1. The number of aromatic amines is 1. The van der Waals surface area contributed by atoms with E-state index in [0.717, 1.165) is 19.4 Å². The fourth-order valence-corrected chi connectivity index (χ4v) is 2.32. The van der Waals surface area contributed by atoms with Crippen molar-refractivity contribution in [1.29, 1.82) is 0 Å². The number of amides is 1. The minimum absolute atomic E-state index is 0.00121. The summed E-state index contributed by atoms with van der Waals surface area (Å²) >= 11 is 5.80. The highest BCUT2D eigenvalue weighted by atomic mass is 35.5. The van der Waals surface area contributed by atoms with Crippen LogP contribution in [-0.4, -0.2) is 41.6 Å². The molecule has 0 radical (unpaired) electrons. The van der Waals surface area contributed by atoms with E-state index in [9.17, 15) is 4.79 Å². The highest BCUT2D eigenvalue weighted by Crippen LogP contribution is 2.17. The van der Waals surface area contributed by atoms with Crippen molar-refractivity contribution < 1.29 is 9.53 Å². The summed E-state index contributed by atoms with van der Waals surface area (Å²) < 4.78 is 5.57. The van der Waals surface area contributed by atoms with Gasteiger partial charge in [0.05, 0.1) is 11.1 Å². The Morgan fingerprint density at radius 1 is 1.71 bits per heavy atom. The molecule has 1 amide bonds. The normalized spacial score (nSPS) is 20.6. The van der Waals surface area contributed by atoms with Crippen LogP contribution in [0.15, 0.2) is 12.3 Å². The monoisotopic (exact) mass is 256 g/mol. The Morgan fingerprint density at radius 3 is 3.18 bits per heavy atom. The fraction of sp³-hybridized carbons (Fsp3) is 0.583. The lowest BCUT2D eigenvalue weighted by Crippen LogP contribution is -2.43. The Kier molecular flexibility index (Phi) is 4.07. The maximum atomic E-state index is 12.1. The number of carbonyl (C=O) groups is 1. The predicted molar refractivity (Wildman–Crippen MR) is 66.4 cm³/mol. The van der Waals surface area contributed by atoms with Crippen LogP contribution < -0.4 is 0 Å². The summed E-state index contributed by atoms with van der Waals surface area (Å²) in [4.78, 5) is 16.9. The van der Waals surface area contributed by atoms with Crippen LogP contribution in [-0.2, 0) is 4.74 Å². The van der Waals surface area contributed by atoms with E-state index in [1.807, 2.05) is 11.8 Å². The summed E-state index contributed by atoms with van der Waals surface area (Å²) in [7, 11) is 0. The number of halogens is 1. The molecular formula is C12H17ClN2O2. The third-order valence-corrected chi connectivity index (χ3v) is 3.16. The number of ether oxygens (including phenoxy) is 1. The average molecular weight is 257 g/mol. The Morgan fingerprint density at radius 2 is 2.53 bits per heavy atom. The van der Waals surface area contributed by atoms with E-state index in [1.165, 1.54) is 0 Å². The summed E-state index contributed by atoms with van der Waals surface area (Å²) in [6, 6.07) is 1.66. The maximum absolute atomic E-state index is 12.1. The Labute approximate surface area is 106 Å². The number of nitrogens with one attached hydrogen (secondary N) is 1. The molecule has 0 bridgehead atoms. The predicted octanol–water partition coefficient (Wildman–Crippen LogP) is 2.31. The van der Waals surface area contributed by atoms with Crippen LogP contribution in [0, 0.1) is 0 Å². The largest absolute Gasteiger partial charge is 0.377 e. The first kappa shape index (κ1) is 12.5. The van der Waals surface area contributed by atoms with Gasteiger partial charge in [0.25, 0.3) is 5.91 Å². The van der Waals surface area contributed by atoms with Crippen molar-refractivity contribution in [1.82, 2.24) is 9.88 Å². The number of aromatic nitrogens is 1. The van der Waals surface area contributed by atoms with Gasteiger partial charge < -0.3 is 14.6 Å². The second kappa shape index (κ2) is 5.56. The standard InChI is InChI=1S/C12H17ClN2O2/c1-2-17-10-4-3-5-15(8-10)12(16)11-6-9(13)7-14-11/h6-7,10,14H,2-5,8H2,1H3/t10-/m1/s1. The first-order chi connectivity index (χ1) is 8.20. The van der Waals surface area contributed by atoms with E-state index in [-0.39, 0.29) is 12.0 Å². The van der Waals surface area contributed by atoms with Gasteiger partial charge in [0, 0.05) is 25.9 Å². The smallest absolute Gasteiger partial charge is 0.270 e. The van der Waals surface area contributed by atoms with E-state index < -0.39 is 0 Å². The third kappa shape index (κ3) is 3.01. The van der Waals surface area contributed by atoms with E-state index in [4.69, 9.17) is 16.3 Å². The van der Waals surface area contributed by atoms with Crippen LogP contribution in [0.25, 0.3) is 0 Å². The summed E-state index contributed by atoms with van der Waals surface area (Å²) in [6.07, 6.45) is 3.82. The van der Waals surface area contributed by atoms with Gasteiger partial charge in [-0.05, 0) is 25.8 Å². The van der Waals surface area contributed by atoms with Crippen LogP contribution in [0.3, 0.4) is 0 Å². The van der Waals surface area contributed by atoms with Crippen molar-refractivity contribution in [2.24, 2.45) is 0 Å². The molecule has 1 aromatic rings. The minimum Gasteiger partial charge on any atom is -0.377 e. The number of nitrogens with zero attached hydrogens (tertiary/aromatic N) is 1. The van der Waals surface area contributed by atoms with Crippen molar-refractivity contribution in [2.75, 3.05) is 19.7 Å². The van der Waals surface area contributed by atoms with Gasteiger partial charge in [-0.2, -0.15) is 0 Å². The number of H-pyrrole nitrogens is 1. The molecule has 4 nitrogen and oxygen atoms in total. The number of likely N-dealkylation sites (tertiary alicyclic amines) is 1. The van der Waals surface area contributed by atoms with E-state index in [0.29, 0.717) is 23.9 Å². The molecule has 0 unspecified atom stereocenters. The molecule has 1 atom stereocenters. The summed E-state index contributed by atoms with van der Waals surface area (Å²) in [6.45, 7) is 4.13. The first-order valence-electron chi connectivity index (χ1n) is 5.95. The van der Waals surface area contributed by atoms with Crippen LogP contribution in [0.2, 0.25) is 5.02 Å². The zero-order valence-corrected chi connectivity index (χ0v) is 10.7. The van der Waals surface area contributed by atoms with E-state index in [1.54, 1.807) is 12.3 Å². The van der Waals surface area contributed by atoms with E-state index >= 15 is 0 Å². The Balaban J connectivity index is 1.99. The highest BCUT2D eigenvalue weighted by molar-refractivity contribution is 6.30. The second-order valence-electron chi connectivity index (χ2n) is 4.20. The fourth-order valence-electron chi connectivity index (χ4n) is 2.16. The lowest BCUT2D eigenvalue weighted by Gasteiger charge is -2.32. The molecule has 2 heterocycles. The number of piperidine rings is 1. The molecule has 17 heavy (non-hydrogen) atoms. The summed E-state index contributed by atoms with van der Waals surface area (Å²) in [5, 5.41) is 0.562. The van der Waals surface area contributed by atoms with Crippen LogP contribution in [0.5, 0.6) is 0 Å². The molecule has 0 aromatic carbocycles. The van der Waals surface area contributed by atoms with Crippen molar-refractivity contribution in [3.8, 4) is 0 Å². The molecule has 1 N–H and O–H groups in total. The van der Waals surface area contributed by atoms with Gasteiger partial charge in [-0.25, -0.2) is 0 Å². The Bertz CT molecular complexity index is 390. The second-order valence-corrected chi connectivity index (χ2v) is 4.64. The third-order valence-electron chi connectivity index (χ3n) is 2.95. The first-order valence-corrected chi connectivity index (χ1v) is 6.33. The Hall–Kier alpha value is -1.00. The molecule has 1 saturated heterocycles. The van der Waals surface area contributed by atoms with Crippen molar-refractivity contribution in [3.63, 3.8) is 0 Å². The van der Waals surface area contributed by atoms with Crippen molar-refractivity contribution >= 4 is 17.5 Å². The highest BCUT2D eigenvalue weighted by Gasteiger charge is 2.25. The molecular weight excluding hydrogens is 240 g/mol. The number of hydrogen-bond donors (Lipinski definition) is 1. The van der Waals surface area contributed by atoms with Crippen molar-refractivity contribution in [2.45, 2.75) is 25.9 Å². The van der Waals surface area contributed by atoms with Gasteiger partial charge in [0.2, 0.25) is 0 Å². The molecule has 0 saturated carbocycles. The lowest BCUT2D eigenvalue weighted by molar-refractivity contribution is 0.00706. The molecule has 0 aliphatic carbocycles. The summed E-state index contributed by atoms with van der Waals surface area (Å²) in [5.74, 6) is 0.00121. The topological polar surface area (TPSA) is 45.3 Å². The van der Waals surface area contributed by atoms with Gasteiger partial charge in [0.1, 0.15) is 5.69 Å². The van der Waals surface area contributed by atoms with Gasteiger partial charge in [0.15, 0.2) is 0 Å².